The van der Waals surface area contributed by atoms with Crippen molar-refractivity contribution in [2.75, 3.05) is 0 Å². The average molecular weight is 271 g/mol. The van der Waals surface area contributed by atoms with Gasteiger partial charge in [-0.1, -0.05) is 76.2 Å². The number of benzene rings is 2. The van der Waals surface area contributed by atoms with Gasteiger partial charge in [0.05, 0.1) is 0 Å². The van der Waals surface area contributed by atoms with Crippen molar-refractivity contribution < 1.29 is 4.79 Å². The zero-order chi connectivity index (χ0) is 15.2. The molecule has 0 atom stereocenters. The van der Waals surface area contributed by atoms with Gasteiger partial charge in [0.15, 0.2) is 0 Å². The van der Waals surface area contributed by atoms with E-state index >= 15 is 0 Å². The van der Waals surface area contributed by atoms with Crippen LogP contribution in [0.1, 0.15) is 43.6 Å². The SMILES string of the molecule is CC.CC.O=C(NCc1ccccc1)c1ccccc1. The molecule has 2 rings (SSSR count). The lowest BCUT2D eigenvalue weighted by molar-refractivity contribution is 0.0951. The molecule has 2 heteroatoms. The standard InChI is InChI=1S/C14H13NO.2C2H6/c16-14(13-9-5-2-6-10-13)15-11-12-7-3-1-4-8-12;2*1-2/h1-10H,11H2,(H,15,16);2*1-2H3. The van der Waals surface area contributed by atoms with Crippen LogP contribution in [-0.4, -0.2) is 5.91 Å². The molecule has 2 nitrogen and oxygen atoms in total. The van der Waals surface area contributed by atoms with E-state index in [1.165, 1.54) is 0 Å². The molecule has 0 fully saturated rings. The van der Waals surface area contributed by atoms with E-state index in [1.54, 1.807) is 12.1 Å². The highest BCUT2D eigenvalue weighted by molar-refractivity contribution is 5.94. The minimum atomic E-state index is -0.0375. The maximum atomic E-state index is 11.7. The molecule has 0 bridgehead atoms. The van der Waals surface area contributed by atoms with Crippen molar-refractivity contribution in [1.29, 1.82) is 0 Å². The van der Waals surface area contributed by atoms with Gasteiger partial charge in [0.1, 0.15) is 0 Å². The highest BCUT2D eigenvalue weighted by Crippen LogP contribution is 2.01. The van der Waals surface area contributed by atoms with E-state index in [-0.39, 0.29) is 5.91 Å². The highest BCUT2D eigenvalue weighted by Gasteiger charge is 2.02. The quantitative estimate of drug-likeness (QED) is 0.863. The van der Waals surface area contributed by atoms with Gasteiger partial charge in [0, 0.05) is 12.1 Å². The van der Waals surface area contributed by atoms with E-state index in [0.717, 1.165) is 5.56 Å². The maximum absolute atomic E-state index is 11.7. The fourth-order valence-corrected chi connectivity index (χ4v) is 1.47. The van der Waals surface area contributed by atoms with Crippen LogP contribution in [0.4, 0.5) is 0 Å². The summed E-state index contributed by atoms with van der Waals surface area (Å²) in [5.41, 5.74) is 1.80. The first kappa shape index (κ1) is 17.9. The summed E-state index contributed by atoms with van der Waals surface area (Å²) in [7, 11) is 0. The second-order valence-corrected chi connectivity index (χ2v) is 3.53. The molecule has 0 saturated heterocycles. The van der Waals surface area contributed by atoms with Crippen LogP contribution < -0.4 is 5.32 Å². The molecule has 0 heterocycles. The molecular weight excluding hydrogens is 246 g/mol. The Bertz CT molecular complexity index is 451. The third-order valence-electron chi connectivity index (χ3n) is 2.33. The fourth-order valence-electron chi connectivity index (χ4n) is 1.47. The van der Waals surface area contributed by atoms with Crippen LogP contribution in [0.2, 0.25) is 0 Å². The second kappa shape index (κ2) is 12.0. The number of hydrogen-bond donors (Lipinski definition) is 1. The Kier molecular flexibility index (Phi) is 10.7. The van der Waals surface area contributed by atoms with Gasteiger partial charge in [0.2, 0.25) is 0 Å². The number of hydrogen-bond acceptors (Lipinski definition) is 1. The van der Waals surface area contributed by atoms with E-state index in [2.05, 4.69) is 5.32 Å². The molecule has 2 aromatic rings. The van der Waals surface area contributed by atoms with E-state index < -0.39 is 0 Å². The van der Waals surface area contributed by atoms with Crippen molar-refractivity contribution in [2.24, 2.45) is 0 Å². The van der Waals surface area contributed by atoms with Crippen molar-refractivity contribution in [3.63, 3.8) is 0 Å². The highest BCUT2D eigenvalue weighted by atomic mass is 16.1. The summed E-state index contributed by atoms with van der Waals surface area (Å²) < 4.78 is 0. The van der Waals surface area contributed by atoms with Crippen LogP contribution in [0.15, 0.2) is 60.7 Å². The summed E-state index contributed by atoms with van der Waals surface area (Å²) in [5.74, 6) is -0.0375. The molecule has 0 aromatic heterocycles. The van der Waals surface area contributed by atoms with E-state index in [4.69, 9.17) is 0 Å². The first-order chi connectivity index (χ1) is 9.86. The van der Waals surface area contributed by atoms with Gasteiger partial charge in [-0.05, 0) is 17.7 Å². The Labute approximate surface area is 122 Å². The molecule has 0 aliphatic rings. The molecule has 20 heavy (non-hydrogen) atoms. The number of carbonyl (C=O) groups is 1. The van der Waals surface area contributed by atoms with Crippen LogP contribution >= 0.6 is 0 Å². The van der Waals surface area contributed by atoms with Gasteiger partial charge in [-0.3, -0.25) is 4.79 Å². The lowest BCUT2D eigenvalue weighted by Gasteiger charge is -2.04. The van der Waals surface area contributed by atoms with Crippen LogP contribution in [0, 0.1) is 0 Å². The largest absolute Gasteiger partial charge is 0.348 e. The average Bonchev–Trinajstić information content (AvgIpc) is 2.58. The van der Waals surface area contributed by atoms with Crippen LogP contribution in [0.25, 0.3) is 0 Å². The predicted octanol–water partition coefficient (Wildman–Crippen LogP) is 4.67. The zero-order valence-corrected chi connectivity index (χ0v) is 12.9. The molecule has 108 valence electrons. The van der Waals surface area contributed by atoms with Crippen molar-refractivity contribution in [2.45, 2.75) is 34.2 Å². The Morgan fingerprint density at radius 1 is 0.800 bits per heavy atom. The molecule has 0 spiro atoms. The molecule has 0 unspecified atom stereocenters. The minimum Gasteiger partial charge on any atom is -0.348 e. The van der Waals surface area contributed by atoms with Crippen LogP contribution in [0.5, 0.6) is 0 Å². The Morgan fingerprint density at radius 2 is 1.25 bits per heavy atom. The topological polar surface area (TPSA) is 29.1 Å². The lowest BCUT2D eigenvalue weighted by Crippen LogP contribution is -2.22. The number of nitrogens with one attached hydrogen (secondary N) is 1. The third kappa shape index (κ3) is 6.74. The molecule has 1 N–H and O–H groups in total. The molecule has 1 amide bonds. The first-order valence-electron chi connectivity index (χ1n) is 7.23. The summed E-state index contributed by atoms with van der Waals surface area (Å²) in [5, 5.41) is 2.88. The maximum Gasteiger partial charge on any atom is 0.251 e. The van der Waals surface area contributed by atoms with Gasteiger partial charge in [-0.15, -0.1) is 0 Å². The second-order valence-electron chi connectivity index (χ2n) is 3.53. The van der Waals surface area contributed by atoms with Crippen molar-refractivity contribution in [3.8, 4) is 0 Å². The van der Waals surface area contributed by atoms with E-state index in [0.29, 0.717) is 12.1 Å². The van der Waals surface area contributed by atoms with Crippen molar-refractivity contribution >= 4 is 5.91 Å². The molecule has 0 aliphatic carbocycles. The lowest BCUT2D eigenvalue weighted by atomic mass is 10.2. The monoisotopic (exact) mass is 271 g/mol. The molecule has 2 aromatic carbocycles. The zero-order valence-electron chi connectivity index (χ0n) is 12.9. The van der Waals surface area contributed by atoms with E-state index in [9.17, 15) is 4.79 Å². The summed E-state index contributed by atoms with van der Waals surface area (Å²) >= 11 is 0. The summed E-state index contributed by atoms with van der Waals surface area (Å²) in [6.45, 7) is 8.56. The fraction of sp³-hybridized carbons (Fsp3) is 0.278. The summed E-state index contributed by atoms with van der Waals surface area (Å²) in [6, 6.07) is 19.1. The summed E-state index contributed by atoms with van der Waals surface area (Å²) in [4.78, 5) is 11.7. The van der Waals surface area contributed by atoms with Gasteiger partial charge in [-0.25, -0.2) is 0 Å². The Hall–Kier alpha value is -2.09. The van der Waals surface area contributed by atoms with Gasteiger partial charge in [-0.2, -0.15) is 0 Å². The van der Waals surface area contributed by atoms with Gasteiger partial charge < -0.3 is 5.32 Å². The van der Waals surface area contributed by atoms with E-state index in [1.807, 2.05) is 76.2 Å². The summed E-state index contributed by atoms with van der Waals surface area (Å²) in [6.07, 6.45) is 0. The number of amides is 1. The molecule has 0 radical (unpaired) electrons. The van der Waals surface area contributed by atoms with Crippen molar-refractivity contribution in [1.82, 2.24) is 5.32 Å². The van der Waals surface area contributed by atoms with Crippen LogP contribution in [-0.2, 0) is 6.54 Å². The third-order valence-corrected chi connectivity index (χ3v) is 2.33. The molecule has 0 saturated carbocycles. The van der Waals surface area contributed by atoms with Gasteiger partial charge >= 0.3 is 0 Å². The molecular formula is C18H25NO. The molecule has 0 aliphatic heterocycles. The normalized spacial score (nSPS) is 8.40. The number of carbonyl (C=O) groups excluding carboxylic acids is 1. The Morgan fingerprint density at radius 3 is 1.75 bits per heavy atom. The first-order valence-corrected chi connectivity index (χ1v) is 7.23. The Balaban J connectivity index is 0.000000829. The van der Waals surface area contributed by atoms with Gasteiger partial charge in [0.25, 0.3) is 5.91 Å². The number of rotatable bonds is 3. The predicted molar refractivity (Wildman–Crippen MR) is 86.8 cm³/mol. The van der Waals surface area contributed by atoms with Crippen molar-refractivity contribution in [3.05, 3.63) is 71.8 Å². The minimum absolute atomic E-state index is 0.0375. The smallest absolute Gasteiger partial charge is 0.251 e. The van der Waals surface area contributed by atoms with Crippen LogP contribution in [0.3, 0.4) is 0 Å².